The van der Waals surface area contributed by atoms with Crippen LogP contribution < -0.4 is 11.1 Å². The molecule has 1 unspecified atom stereocenters. The number of carbonyl (C=O) groups is 1. The van der Waals surface area contributed by atoms with E-state index in [4.69, 9.17) is 15.6 Å². The fraction of sp³-hybridized carbons (Fsp3) is 0.500. The fourth-order valence-electron chi connectivity index (χ4n) is 1.93. The quantitative estimate of drug-likeness (QED) is 0.671. The molecule has 1 atom stereocenters. The first-order valence-electron chi connectivity index (χ1n) is 6.27. The minimum absolute atomic E-state index is 0.00330. The van der Waals surface area contributed by atoms with Crippen molar-refractivity contribution < 1.29 is 14.6 Å². The summed E-state index contributed by atoms with van der Waals surface area (Å²) in [6.07, 6.45) is 0.458. The van der Waals surface area contributed by atoms with Crippen molar-refractivity contribution in [1.29, 1.82) is 0 Å². The van der Waals surface area contributed by atoms with Crippen molar-refractivity contribution in [2.24, 2.45) is 0 Å². The molecule has 5 nitrogen and oxygen atoms in total. The summed E-state index contributed by atoms with van der Waals surface area (Å²) in [5, 5.41) is 11.8. The molecule has 0 spiro atoms. The van der Waals surface area contributed by atoms with Gasteiger partial charge in [0.25, 0.3) is 5.91 Å². The highest BCUT2D eigenvalue weighted by atomic mass is 16.5. The van der Waals surface area contributed by atoms with Crippen LogP contribution in [0, 0.1) is 13.8 Å². The van der Waals surface area contributed by atoms with E-state index in [1.54, 1.807) is 13.2 Å². The standard InChI is InChI=1S/C14H22N2O3/c1-9-6-10(2)13(15)7-12(9)14(18)16-11(4-5-17)8-19-3/h6-7,11,17H,4-5,8,15H2,1-3H3,(H,16,18). The van der Waals surface area contributed by atoms with Crippen molar-refractivity contribution in [2.75, 3.05) is 26.1 Å². The number of nitrogen functional groups attached to an aromatic ring is 1. The second kappa shape index (κ2) is 7.11. The van der Waals surface area contributed by atoms with E-state index in [0.717, 1.165) is 11.1 Å². The number of aliphatic hydroxyl groups is 1. The van der Waals surface area contributed by atoms with Gasteiger partial charge in [0.05, 0.1) is 12.6 Å². The lowest BCUT2D eigenvalue weighted by molar-refractivity contribution is 0.0878. The minimum atomic E-state index is -0.204. The van der Waals surface area contributed by atoms with Crippen LogP contribution in [-0.2, 0) is 4.74 Å². The van der Waals surface area contributed by atoms with Crippen LogP contribution >= 0.6 is 0 Å². The van der Waals surface area contributed by atoms with E-state index in [0.29, 0.717) is 24.3 Å². The molecule has 4 N–H and O–H groups in total. The summed E-state index contributed by atoms with van der Waals surface area (Å²) in [5.41, 5.74) is 8.82. The second-order valence-corrected chi connectivity index (χ2v) is 4.66. The molecule has 1 amide bonds. The Labute approximate surface area is 113 Å². The molecule has 0 fully saturated rings. The summed E-state index contributed by atoms with van der Waals surface area (Å²) in [6.45, 7) is 4.15. The molecule has 0 saturated carbocycles. The van der Waals surface area contributed by atoms with Gasteiger partial charge in [0, 0.05) is 25.0 Å². The Morgan fingerprint density at radius 3 is 2.68 bits per heavy atom. The van der Waals surface area contributed by atoms with Crippen LogP contribution in [-0.4, -0.2) is 37.4 Å². The third kappa shape index (κ3) is 4.22. The summed E-state index contributed by atoms with van der Waals surface area (Å²) in [5.74, 6) is -0.195. The van der Waals surface area contributed by atoms with Gasteiger partial charge >= 0.3 is 0 Å². The lowest BCUT2D eigenvalue weighted by Gasteiger charge is -2.18. The molecule has 1 rings (SSSR count). The van der Waals surface area contributed by atoms with Gasteiger partial charge in [0.15, 0.2) is 0 Å². The zero-order chi connectivity index (χ0) is 14.4. The normalized spacial score (nSPS) is 12.2. The Bertz CT molecular complexity index is 441. The Kier molecular flexibility index (Phi) is 5.79. The van der Waals surface area contributed by atoms with E-state index in [-0.39, 0.29) is 18.6 Å². The molecule has 0 heterocycles. The molecule has 0 aliphatic heterocycles. The molecular formula is C14H22N2O3. The van der Waals surface area contributed by atoms with Crippen molar-refractivity contribution in [2.45, 2.75) is 26.3 Å². The maximum atomic E-state index is 12.2. The van der Waals surface area contributed by atoms with Crippen molar-refractivity contribution in [3.05, 3.63) is 28.8 Å². The highest BCUT2D eigenvalue weighted by Gasteiger charge is 2.15. The maximum absolute atomic E-state index is 12.2. The van der Waals surface area contributed by atoms with Gasteiger partial charge in [-0.2, -0.15) is 0 Å². The number of ether oxygens (including phenoxy) is 1. The number of aryl methyl sites for hydroxylation is 2. The van der Waals surface area contributed by atoms with Gasteiger partial charge in [-0.25, -0.2) is 0 Å². The van der Waals surface area contributed by atoms with Gasteiger partial charge in [0.1, 0.15) is 0 Å². The molecule has 1 aromatic rings. The van der Waals surface area contributed by atoms with Crippen LogP contribution in [0.4, 0.5) is 5.69 Å². The Morgan fingerprint density at radius 2 is 2.11 bits per heavy atom. The SMILES string of the molecule is COCC(CCO)NC(=O)c1cc(N)c(C)cc1C. The number of nitrogens with two attached hydrogens (primary N) is 1. The smallest absolute Gasteiger partial charge is 0.251 e. The van der Waals surface area contributed by atoms with Crippen LogP contribution in [0.25, 0.3) is 0 Å². The van der Waals surface area contributed by atoms with E-state index in [1.807, 2.05) is 19.9 Å². The molecule has 0 saturated heterocycles. The van der Waals surface area contributed by atoms with Gasteiger partial charge in [-0.05, 0) is 37.5 Å². The average Bonchev–Trinajstić information content (AvgIpc) is 2.34. The number of anilines is 1. The van der Waals surface area contributed by atoms with Crippen molar-refractivity contribution in [1.82, 2.24) is 5.32 Å². The van der Waals surface area contributed by atoms with Gasteiger partial charge in [-0.3, -0.25) is 4.79 Å². The van der Waals surface area contributed by atoms with Crippen LogP contribution in [0.3, 0.4) is 0 Å². The second-order valence-electron chi connectivity index (χ2n) is 4.66. The monoisotopic (exact) mass is 266 g/mol. The zero-order valence-corrected chi connectivity index (χ0v) is 11.7. The van der Waals surface area contributed by atoms with E-state index in [2.05, 4.69) is 5.32 Å². The summed E-state index contributed by atoms with van der Waals surface area (Å²) in [7, 11) is 1.56. The molecule has 5 heteroatoms. The maximum Gasteiger partial charge on any atom is 0.251 e. The number of nitrogens with one attached hydrogen (secondary N) is 1. The fourth-order valence-corrected chi connectivity index (χ4v) is 1.93. The molecule has 0 aromatic heterocycles. The lowest BCUT2D eigenvalue weighted by Crippen LogP contribution is -2.39. The molecule has 19 heavy (non-hydrogen) atoms. The predicted octanol–water partition coefficient (Wildman–Crippen LogP) is 1.01. The number of hydrogen-bond acceptors (Lipinski definition) is 4. The zero-order valence-electron chi connectivity index (χ0n) is 11.7. The Balaban J connectivity index is 2.84. The third-order valence-electron chi connectivity index (χ3n) is 3.04. The van der Waals surface area contributed by atoms with E-state index >= 15 is 0 Å². The van der Waals surface area contributed by atoms with Crippen LogP contribution in [0.5, 0.6) is 0 Å². The number of carbonyl (C=O) groups excluding carboxylic acids is 1. The topological polar surface area (TPSA) is 84.6 Å². The van der Waals surface area contributed by atoms with Crippen molar-refractivity contribution in [3.8, 4) is 0 Å². The molecule has 0 bridgehead atoms. The molecule has 0 aliphatic rings. The molecular weight excluding hydrogens is 244 g/mol. The number of hydrogen-bond donors (Lipinski definition) is 3. The van der Waals surface area contributed by atoms with E-state index in [1.165, 1.54) is 0 Å². The highest BCUT2D eigenvalue weighted by Crippen LogP contribution is 2.17. The van der Waals surface area contributed by atoms with Crippen molar-refractivity contribution >= 4 is 11.6 Å². The first-order chi connectivity index (χ1) is 8.99. The van der Waals surface area contributed by atoms with Crippen molar-refractivity contribution in [3.63, 3.8) is 0 Å². The highest BCUT2D eigenvalue weighted by molar-refractivity contribution is 5.96. The minimum Gasteiger partial charge on any atom is -0.398 e. The first-order valence-corrected chi connectivity index (χ1v) is 6.27. The third-order valence-corrected chi connectivity index (χ3v) is 3.04. The van der Waals surface area contributed by atoms with E-state index < -0.39 is 0 Å². The molecule has 0 aliphatic carbocycles. The van der Waals surface area contributed by atoms with Crippen LogP contribution in [0.1, 0.15) is 27.9 Å². The number of rotatable bonds is 6. The Hall–Kier alpha value is -1.59. The van der Waals surface area contributed by atoms with E-state index in [9.17, 15) is 4.79 Å². The summed E-state index contributed by atoms with van der Waals surface area (Å²) in [6, 6.07) is 3.37. The predicted molar refractivity (Wildman–Crippen MR) is 75.2 cm³/mol. The number of amides is 1. The first kappa shape index (κ1) is 15.5. The van der Waals surface area contributed by atoms with Gasteiger partial charge in [0.2, 0.25) is 0 Å². The summed E-state index contributed by atoms with van der Waals surface area (Å²) < 4.78 is 5.02. The van der Waals surface area contributed by atoms with Gasteiger partial charge in [-0.15, -0.1) is 0 Å². The Morgan fingerprint density at radius 1 is 1.42 bits per heavy atom. The van der Waals surface area contributed by atoms with Gasteiger partial charge in [-0.1, -0.05) is 6.07 Å². The lowest BCUT2D eigenvalue weighted by atomic mass is 10.0. The largest absolute Gasteiger partial charge is 0.398 e. The van der Waals surface area contributed by atoms with Crippen LogP contribution in [0.2, 0.25) is 0 Å². The molecule has 106 valence electrons. The molecule has 0 radical (unpaired) electrons. The molecule has 1 aromatic carbocycles. The summed E-state index contributed by atoms with van der Waals surface area (Å²) >= 11 is 0. The van der Waals surface area contributed by atoms with Crippen LogP contribution in [0.15, 0.2) is 12.1 Å². The average molecular weight is 266 g/mol. The summed E-state index contributed by atoms with van der Waals surface area (Å²) in [4.78, 5) is 12.2. The number of aliphatic hydroxyl groups excluding tert-OH is 1. The van der Waals surface area contributed by atoms with Gasteiger partial charge < -0.3 is 20.9 Å². The number of benzene rings is 1. The number of methoxy groups -OCH3 is 1.